The Labute approximate surface area is 114 Å². The average Bonchev–Trinajstić information content (AvgIpc) is 3.09. The summed E-state index contributed by atoms with van der Waals surface area (Å²) in [5, 5.41) is 13.3. The number of nitrogens with zero attached hydrogens (tertiary/aromatic N) is 3. The lowest BCUT2D eigenvalue weighted by Crippen LogP contribution is -2.13. The van der Waals surface area contributed by atoms with E-state index in [1.165, 1.54) is 0 Å². The number of rotatable bonds is 4. The van der Waals surface area contributed by atoms with E-state index in [9.17, 15) is 5.11 Å². The normalized spacial score (nSPS) is 12.4. The minimum absolute atomic E-state index is 0.149. The van der Waals surface area contributed by atoms with Crippen LogP contribution in [0.3, 0.4) is 0 Å². The lowest BCUT2D eigenvalue weighted by atomic mass is 10.2. The van der Waals surface area contributed by atoms with Crippen molar-refractivity contribution in [2.24, 2.45) is 5.73 Å². The van der Waals surface area contributed by atoms with Crippen LogP contribution in [0.15, 0.2) is 41.3 Å². The lowest BCUT2D eigenvalue weighted by Gasteiger charge is -2.03. The largest absolute Gasteiger partial charge is 0.508 e. The molecule has 1 atom stereocenters. The van der Waals surface area contributed by atoms with Crippen molar-refractivity contribution in [3.8, 4) is 17.1 Å². The molecule has 0 unspecified atom stereocenters. The third kappa shape index (κ3) is 2.52. The van der Waals surface area contributed by atoms with Crippen molar-refractivity contribution in [1.29, 1.82) is 0 Å². The molecule has 7 heteroatoms. The van der Waals surface area contributed by atoms with Gasteiger partial charge < -0.3 is 20.3 Å². The average molecular weight is 271 g/mol. The Bertz CT molecular complexity index is 692. The highest BCUT2D eigenvalue weighted by Gasteiger charge is 2.17. The van der Waals surface area contributed by atoms with Gasteiger partial charge in [-0.2, -0.15) is 4.98 Å². The molecule has 0 aliphatic rings. The van der Waals surface area contributed by atoms with Gasteiger partial charge >= 0.3 is 0 Å². The van der Waals surface area contributed by atoms with Crippen LogP contribution in [0.4, 0.5) is 0 Å². The minimum Gasteiger partial charge on any atom is -0.508 e. The van der Waals surface area contributed by atoms with Gasteiger partial charge in [0.25, 0.3) is 0 Å². The van der Waals surface area contributed by atoms with E-state index >= 15 is 0 Å². The maximum atomic E-state index is 9.44. The van der Waals surface area contributed by atoms with Crippen molar-refractivity contribution < 1.29 is 9.63 Å². The fraction of sp³-hybridized carbons (Fsp3) is 0.154. The van der Waals surface area contributed by atoms with Gasteiger partial charge in [-0.05, 0) is 12.1 Å². The quantitative estimate of drug-likeness (QED) is 0.661. The molecule has 102 valence electrons. The molecule has 7 nitrogen and oxygen atoms in total. The van der Waals surface area contributed by atoms with Gasteiger partial charge in [-0.15, -0.1) is 0 Å². The van der Waals surface area contributed by atoms with Crippen LogP contribution in [0.2, 0.25) is 0 Å². The van der Waals surface area contributed by atoms with Crippen LogP contribution in [0, 0.1) is 0 Å². The van der Waals surface area contributed by atoms with Crippen molar-refractivity contribution in [2.75, 3.05) is 0 Å². The first-order valence-electron chi connectivity index (χ1n) is 6.08. The molecule has 0 amide bonds. The van der Waals surface area contributed by atoms with Crippen LogP contribution >= 0.6 is 0 Å². The van der Waals surface area contributed by atoms with E-state index in [4.69, 9.17) is 10.3 Å². The van der Waals surface area contributed by atoms with Crippen molar-refractivity contribution in [2.45, 2.75) is 12.5 Å². The highest BCUT2D eigenvalue weighted by Crippen LogP contribution is 2.22. The molecule has 0 saturated heterocycles. The van der Waals surface area contributed by atoms with Crippen LogP contribution < -0.4 is 5.73 Å². The number of nitrogens with two attached hydrogens (primary N) is 1. The highest BCUT2D eigenvalue weighted by atomic mass is 16.5. The van der Waals surface area contributed by atoms with Crippen LogP contribution in [0.1, 0.15) is 17.6 Å². The number of phenolic OH excluding ortho intramolecular Hbond substituents is 1. The summed E-state index contributed by atoms with van der Waals surface area (Å²) < 4.78 is 5.17. The van der Waals surface area contributed by atoms with Crippen LogP contribution in [-0.4, -0.2) is 25.2 Å². The number of hydrogen-bond acceptors (Lipinski definition) is 6. The van der Waals surface area contributed by atoms with Gasteiger partial charge in [0.15, 0.2) is 0 Å². The molecule has 2 aromatic heterocycles. The fourth-order valence-corrected chi connectivity index (χ4v) is 1.87. The number of aromatic amines is 1. The van der Waals surface area contributed by atoms with E-state index in [1.54, 1.807) is 36.8 Å². The summed E-state index contributed by atoms with van der Waals surface area (Å²) in [4.78, 5) is 11.1. The number of aromatic hydroxyl groups is 1. The maximum absolute atomic E-state index is 9.44. The Balaban J connectivity index is 1.79. The van der Waals surface area contributed by atoms with Crippen LogP contribution in [0.5, 0.6) is 5.75 Å². The first-order chi connectivity index (χ1) is 9.72. The van der Waals surface area contributed by atoms with Crippen molar-refractivity contribution in [3.05, 3.63) is 48.4 Å². The summed E-state index contributed by atoms with van der Waals surface area (Å²) in [7, 11) is 0. The smallest absolute Gasteiger partial charge is 0.244 e. The van der Waals surface area contributed by atoms with Crippen molar-refractivity contribution >= 4 is 0 Å². The summed E-state index contributed by atoms with van der Waals surface area (Å²) >= 11 is 0. The molecule has 0 fully saturated rings. The Morgan fingerprint density at radius 3 is 3.05 bits per heavy atom. The Hall–Kier alpha value is -2.67. The van der Waals surface area contributed by atoms with Gasteiger partial charge in [-0.25, -0.2) is 4.98 Å². The van der Waals surface area contributed by atoms with Crippen LogP contribution in [-0.2, 0) is 6.42 Å². The monoisotopic (exact) mass is 271 g/mol. The summed E-state index contributed by atoms with van der Waals surface area (Å²) in [5.41, 5.74) is 7.59. The minimum atomic E-state index is -0.408. The highest BCUT2D eigenvalue weighted by molar-refractivity contribution is 5.56. The number of phenols is 1. The molecule has 0 spiro atoms. The van der Waals surface area contributed by atoms with Gasteiger partial charge in [0, 0.05) is 23.9 Å². The molecule has 4 N–H and O–H groups in total. The van der Waals surface area contributed by atoms with Crippen molar-refractivity contribution in [1.82, 2.24) is 20.1 Å². The van der Waals surface area contributed by atoms with Crippen LogP contribution in [0.25, 0.3) is 11.4 Å². The number of nitrogens with one attached hydrogen (secondary N) is 1. The summed E-state index contributed by atoms with van der Waals surface area (Å²) in [6.45, 7) is 0. The van der Waals surface area contributed by atoms with E-state index in [1.807, 2.05) is 0 Å². The predicted molar refractivity (Wildman–Crippen MR) is 70.6 cm³/mol. The number of benzene rings is 1. The first kappa shape index (κ1) is 12.4. The second-order valence-corrected chi connectivity index (χ2v) is 4.39. The Morgan fingerprint density at radius 1 is 1.40 bits per heavy atom. The second-order valence-electron chi connectivity index (χ2n) is 4.39. The van der Waals surface area contributed by atoms with Gasteiger partial charge in [0.05, 0.1) is 12.4 Å². The summed E-state index contributed by atoms with van der Waals surface area (Å²) in [6, 6.07) is 6.23. The molecule has 3 rings (SSSR count). The lowest BCUT2D eigenvalue weighted by molar-refractivity contribution is 0.354. The van der Waals surface area contributed by atoms with E-state index in [0.717, 1.165) is 5.69 Å². The molecular weight excluding hydrogens is 258 g/mol. The van der Waals surface area contributed by atoms with Gasteiger partial charge in [0.1, 0.15) is 5.75 Å². The molecule has 3 aromatic rings. The van der Waals surface area contributed by atoms with Crippen molar-refractivity contribution in [3.63, 3.8) is 0 Å². The number of hydrogen-bond donors (Lipinski definition) is 3. The standard InChI is InChI=1S/C13H13N5O2/c14-11(5-9-6-15-7-16-9)13-17-12(18-20-13)8-2-1-3-10(19)4-8/h1-4,6-7,11,19H,5,14H2,(H,15,16)/t11-/m1/s1. The zero-order valence-corrected chi connectivity index (χ0v) is 10.5. The molecular formula is C13H13N5O2. The van der Waals surface area contributed by atoms with E-state index in [0.29, 0.717) is 23.7 Å². The topological polar surface area (TPSA) is 114 Å². The maximum Gasteiger partial charge on any atom is 0.244 e. The number of imidazole rings is 1. The van der Waals surface area contributed by atoms with Gasteiger partial charge in [-0.3, -0.25) is 0 Å². The summed E-state index contributed by atoms with van der Waals surface area (Å²) in [6.07, 6.45) is 3.82. The molecule has 0 aliphatic heterocycles. The zero-order valence-electron chi connectivity index (χ0n) is 10.5. The third-order valence-corrected chi connectivity index (χ3v) is 2.86. The molecule has 20 heavy (non-hydrogen) atoms. The fourth-order valence-electron chi connectivity index (χ4n) is 1.87. The molecule has 0 radical (unpaired) electrons. The molecule has 0 bridgehead atoms. The van der Waals surface area contributed by atoms with E-state index in [2.05, 4.69) is 20.1 Å². The summed E-state index contributed by atoms with van der Waals surface area (Å²) in [5.74, 6) is 0.893. The second kappa shape index (κ2) is 5.14. The number of H-pyrrole nitrogens is 1. The van der Waals surface area contributed by atoms with Gasteiger partial charge in [0.2, 0.25) is 11.7 Å². The third-order valence-electron chi connectivity index (χ3n) is 2.86. The predicted octanol–water partition coefficient (Wildman–Crippen LogP) is 1.41. The Kier molecular flexibility index (Phi) is 3.18. The van der Waals surface area contributed by atoms with E-state index < -0.39 is 6.04 Å². The Morgan fingerprint density at radius 2 is 2.30 bits per heavy atom. The molecule has 0 aliphatic carbocycles. The molecule has 2 heterocycles. The number of aromatic nitrogens is 4. The molecule has 1 aromatic carbocycles. The zero-order chi connectivity index (χ0) is 13.9. The first-order valence-corrected chi connectivity index (χ1v) is 6.08. The molecule has 0 saturated carbocycles. The SMILES string of the molecule is N[C@H](Cc1cnc[nH]1)c1nc(-c2cccc(O)c2)no1. The van der Waals surface area contributed by atoms with E-state index in [-0.39, 0.29) is 5.75 Å². The van der Waals surface area contributed by atoms with Gasteiger partial charge in [-0.1, -0.05) is 17.3 Å².